The molecule has 18 heavy (non-hydrogen) atoms. The topological polar surface area (TPSA) is 26.3 Å². The van der Waals surface area contributed by atoms with E-state index in [0.29, 0.717) is 24.2 Å². The summed E-state index contributed by atoms with van der Waals surface area (Å²) in [4.78, 5) is 11.7. The number of carbonyl (C=O) groups is 1. The number of halogens is 1. The van der Waals surface area contributed by atoms with Crippen LogP contribution in [0.5, 0.6) is 0 Å². The molecule has 1 rings (SSSR count). The molecule has 0 saturated heterocycles. The Kier molecular flexibility index (Phi) is 6.12. The Hall–Kier alpha value is -1.64. The summed E-state index contributed by atoms with van der Waals surface area (Å²) in [6.45, 7) is 5.68. The number of benzene rings is 1. The van der Waals surface area contributed by atoms with Gasteiger partial charge in [0, 0.05) is 5.56 Å². The van der Waals surface area contributed by atoms with E-state index >= 15 is 0 Å². The van der Waals surface area contributed by atoms with Gasteiger partial charge in [-0.05, 0) is 44.7 Å². The maximum Gasteiger partial charge on any atom is 0.338 e. The van der Waals surface area contributed by atoms with E-state index in [1.165, 1.54) is 12.1 Å². The highest BCUT2D eigenvalue weighted by Gasteiger charge is 2.15. The molecule has 0 amide bonds. The van der Waals surface area contributed by atoms with Crippen molar-refractivity contribution in [1.82, 2.24) is 0 Å². The lowest BCUT2D eigenvalue weighted by Crippen LogP contribution is -2.09. The van der Waals surface area contributed by atoms with Crippen LogP contribution in [-0.4, -0.2) is 12.6 Å². The molecule has 0 heterocycles. The second-order valence-corrected chi connectivity index (χ2v) is 4.02. The summed E-state index contributed by atoms with van der Waals surface area (Å²) in [5.41, 5.74) is 0.801. The molecule has 1 aromatic carbocycles. The standard InChI is InChI=1S/C15H19FO2/c1-3-5-6-7-9-12-13(15(17)18-4-2)10-8-11-14(12)16/h3,8,10-11H,1,4-7,9H2,2H3. The normalized spacial score (nSPS) is 10.1. The molecule has 0 unspecified atom stereocenters. The predicted molar refractivity (Wildman–Crippen MR) is 70.1 cm³/mol. The summed E-state index contributed by atoms with van der Waals surface area (Å²) >= 11 is 0. The molecule has 0 bridgehead atoms. The summed E-state index contributed by atoms with van der Waals surface area (Å²) in [5, 5.41) is 0. The summed E-state index contributed by atoms with van der Waals surface area (Å²) in [6, 6.07) is 4.53. The predicted octanol–water partition coefficient (Wildman–Crippen LogP) is 3.90. The number of carbonyl (C=O) groups excluding carboxylic acids is 1. The molecule has 0 spiro atoms. The van der Waals surface area contributed by atoms with Gasteiger partial charge < -0.3 is 4.74 Å². The second kappa shape index (κ2) is 7.64. The Balaban J connectivity index is 2.80. The molecular weight excluding hydrogens is 231 g/mol. The number of hydrogen-bond acceptors (Lipinski definition) is 2. The van der Waals surface area contributed by atoms with E-state index in [4.69, 9.17) is 4.74 Å². The van der Waals surface area contributed by atoms with Crippen molar-refractivity contribution in [1.29, 1.82) is 0 Å². The first-order valence-corrected chi connectivity index (χ1v) is 6.26. The van der Waals surface area contributed by atoms with E-state index in [2.05, 4.69) is 6.58 Å². The zero-order valence-corrected chi connectivity index (χ0v) is 10.7. The van der Waals surface area contributed by atoms with E-state index in [1.54, 1.807) is 13.0 Å². The van der Waals surface area contributed by atoms with Gasteiger partial charge in [0.05, 0.1) is 12.2 Å². The van der Waals surface area contributed by atoms with Crippen molar-refractivity contribution < 1.29 is 13.9 Å². The molecule has 0 atom stereocenters. The molecule has 1 aromatic rings. The number of rotatable bonds is 7. The van der Waals surface area contributed by atoms with E-state index in [9.17, 15) is 9.18 Å². The molecule has 0 fully saturated rings. The quantitative estimate of drug-likeness (QED) is 0.417. The fourth-order valence-electron chi connectivity index (χ4n) is 1.80. The van der Waals surface area contributed by atoms with Crippen LogP contribution >= 0.6 is 0 Å². The first kappa shape index (κ1) is 14.4. The Labute approximate surface area is 107 Å². The molecule has 0 aliphatic rings. The lowest BCUT2D eigenvalue weighted by Gasteiger charge is -2.09. The average Bonchev–Trinajstić information content (AvgIpc) is 2.36. The van der Waals surface area contributed by atoms with Gasteiger partial charge >= 0.3 is 5.97 Å². The molecule has 0 aliphatic carbocycles. The minimum Gasteiger partial charge on any atom is -0.462 e. The first-order chi connectivity index (χ1) is 8.70. The molecule has 0 aliphatic heterocycles. The molecule has 0 N–H and O–H groups in total. The Morgan fingerprint density at radius 2 is 2.22 bits per heavy atom. The van der Waals surface area contributed by atoms with Gasteiger partial charge in [-0.2, -0.15) is 0 Å². The van der Waals surface area contributed by atoms with Gasteiger partial charge in [-0.15, -0.1) is 6.58 Å². The third-order valence-corrected chi connectivity index (χ3v) is 2.70. The molecular formula is C15H19FO2. The van der Waals surface area contributed by atoms with Crippen LogP contribution in [0.2, 0.25) is 0 Å². The van der Waals surface area contributed by atoms with Gasteiger partial charge in [0.1, 0.15) is 5.82 Å². The van der Waals surface area contributed by atoms with Crippen molar-refractivity contribution in [3.05, 3.63) is 47.8 Å². The minimum absolute atomic E-state index is 0.297. The molecule has 0 aromatic heterocycles. The van der Waals surface area contributed by atoms with Crippen LogP contribution in [0.3, 0.4) is 0 Å². The van der Waals surface area contributed by atoms with Gasteiger partial charge in [0.2, 0.25) is 0 Å². The van der Waals surface area contributed by atoms with Crippen molar-refractivity contribution >= 4 is 5.97 Å². The maximum atomic E-state index is 13.7. The largest absolute Gasteiger partial charge is 0.462 e. The summed E-state index contributed by atoms with van der Waals surface area (Å²) < 4.78 is 18.7. The van der Waals surface area contributed by atoms with Crippen molar-refractivity contribution in [3.63, 3.8) is 0 Å². The third kappa shape index (κ3) is 3.99. The molecule has 2 nitrogen and oxygen atoms in total. The minimum atomic E-state index is -0.448. The van der Waals surface area contributed by atoms with Crippen molar-refractivity contribution in [3.8, 4) is 0 Å². The highest BCUT2D eigenvalue weighted by atomic mass is 19.1. The summed E-state index contributed by atoms with van der Waals surface area (Å²) in [6.07, 6.45) is 5.07. The lowest BCUT2D eigenvalue weighted by molar-refractivity contribution is 0.0524. The SMILES string of the molecule is C=CCCCCc1c(F)cccc1C(=O)OCC. The van der Waals surface area contributed by atoms with Crippen LogP contribution in [0.1, 0.15) is 42.1 Å². The fraction of sp³-hybridized carbons (Fsp3) is 0.400. The van der Waals surface area contributed by atoms with Crippen LogP contribution in [0.25, 0.3) is 0 Å². The number of hydrogen-bond donors (Lipinski definition) is 0. The maximum absolute atomic E-state index is 13.7. The number of ether oxygens (including phenoxy) is 1. The highest BCUT2D eigenvalue weighted by Crippen LogP contribution is 2.18. The second-order valence-electron chi connectivity index (χ2n) is 4.02. The van der Waals surface area contributed by atoms with Crippen LogP contribution in [-0.2, 0) is 11.2 Å². The number of allylic oxidation sites excluding steroid dienone is 1. The van der Waals surface area contributed by atoms with Gasteiger partial charge in [-0.25, -0.2) is 9.18 Å². The smallest absolute Gasteiger partial charge is 0.338 e. The van der Waals surface area contributed by atoms with Gasteiger partial charge in [-0.3, -0.25) is 0 Å². The van der Waals surface area contributed by atoms with Gasteiger partial charge in [-0.1, -0.05) is 12.1 Å². The summed E-state index contributed by atoms with van der Waals surface area (Å²) in [7, 11) is 0. The van der Waals surface area contributed by atoms with Crippen LogP contribution in [0, 0.1) is 5.82 Å². The third-order valence-electron chi connectivity index (χ3n) is 2.70. The molecule has 0 saturated carbocycles. The van der Waals surface area contributed by atoms with Crippen LogP contribution in [0.15, 0.2) is 30.9 Å². The summed E-state index contributed by atoms with van der Waals surface area (Å²) in [5.74, 6) is -0.783. The first-order valence-electron chi connectivity index (χ1n) is 6.26. The molecule has 0 radical (unpaired) electrons. The van der Waals surface area contributed by atoms with Gasteiger partial charge in [0.15, 0.2) is 0 Å². The van der Waals surface area contributed by atoms with Crippen molar-refractivity contribution in [2.45, 2.75) is 32.6 Å². The zero-order valence-electron chi connectivity index (χ0n) is 10.7. The van der Waals surface area contributed by atoms with E-state index in [-0.39, 0.29) is 5.82 Å². The van der Waals surface area contributed by atoms with E-state index in [1.807, 2.05) is 6.08 Å². The number of unbranched alkanes of at least 4 members (excludes halogenated alkanes) is 2. The Morgan fingerprint density at radius 3 is 2.89 bits per heavy atom. The average molecular weight is 250 g/mol. The lowest BCUT2D eigenvalue weighted by atomic mass is 10.0. The highest BCUT2D eigenvalue weighted by molar-refractivity contribution is 5.91. The Bertz CT molecular complexity index is 413. The monoisotopic (exact) mass is 250 g/mol. The van der Waals surface area contributed by atoms with Crippen molar-refractivity contribution in [2.24, 2.45) is 0 Å². The molecule has 3 heteroatoms. The fourth-order valence-corrected chi connectivity index (χ4v) is 1.80. The van der Waals surface area contributed by atoms with Crippen molar-refractivity contribution in [2.75, 3.05) is 6.61 Å². The van der Waals surface area contributed by atoms with Crippen LogP contribution < -0.4 is 0 Å². The number of esters is 1. The Morgan fingerprint density at radius 1 is 1.44 bits per heavy atom. The zero-order chi connectivity index (χ0) is 13.4. The van der Waals surface area contributed by atoms with E-state index in [0.717, 1.165) is 19.3 Å². The van der Waals surface area contributed by atoms with Crippen LogP contribution in [0.4, 0.5) is 4.39 Å². The van der Waals surface area contributed by atoms with E-state index < -0.39 is 5.97 Å². The molecule has 98 valence electrons. The van der Waals surface area contributed by atoms with Gasteiger partial charge in [0.25, 0.3) is 0 Å².